The molecule has 2 aromatic rings. The van der Waals surface area contributed by atoms with Crippen LogP contribution in [0.15, 0.2) is 30.3 Å². The fourth-order valence-electron chi connectivity index (χ4n) is 1.69. The molecule has 2 rings (SSSR count). The molecular weight excluding hydrogens is 274 g/mol. The molecule has 0 aliphatic rings. The molecule has 1 aromatic carbocycles. The Labute approximate surface area is 121 Å². The molecule has 1 heterocycles. The van der Waals surface area contributed by atoms with Gasteiger partial charge in [-0.2, -0.15) is 9.97 Å². The van der Waals surface area contributed by atoms with Gasteiger partial charge in [-0.25, -0.2) is 0 Å². The number of nitrogens with one attached hydrogen (secondary N) is 1. The lowest BCUT2D eigenvalue weighted by atomic mass is 10.1. The van der Waals surface area contributed by atoms with Crippen LogP contribution >= 0.6 is 0 Å². The van der Waals surface area contributed by atoms with Gasteiger partial charge >= 0.3 is 0 Å². The van der Waals surface area contributed by atoms with Crippen LogP contribution < -0.4 is 14.8 Å². The first-order chi connectivity index (χ1) is 10.1. The third-order valence-corrected chi connectivity index (χ3v) is 2.62. The quantitative estimate of drug-likeness (QED) is 0.863. The summed E-state index contributed by atoms with van der Waals surface area (Å²) in [6.07, 6.45) is 0.0945. The first-order valence-electron chi connectivity index (χ1n) is 6.15. The zero-order valence-electron chi connectivity index (χ0n) is 11.7. The predicted octanol–water partition coefficient (Wildman–Crippen LogP) is 1.38. The van der Waals surface area contributed by atoms with Gasteiger partial charge in [0.25, 0.3) is 0 Å². The molecule has 0 aliphatic heterocycles. The molecule has 7 nitrogen and oxygen atoms in total. The first kappa shape index (κ1) is 14.6. The van der Waals surface area contributed by atoms with Gasteiger partial charge in [-0.15, -0.1) is 0 Å². The maximum absolute atomic E-state index is 11.9. The molecular formula is C14H15N3O4. The maximum Gasteiger partial charge on any atom is 0.236 e. The summed E-state index contributed by atoms with van der Waals surface area (Å²) >= 11 is 0. The SMILES string of the molecule is COc1cc(OC)nc(NC(=O)Cc2cccc(O)c2)n1. The van der Waals surface area contributed by atoms with Gasteiger partial charge < -0.3 is 14.6 Å². The number of ether oxygens (including phenoxy) is 2. The molecule has 0 fully saturated rings. The summed E-state index contributed by atoms with van der Waals surface area (Å²) in [6, 6.07) is 7.98. The lowest BCUT2D eigenvalue weighted by molar-refractivity contribution is -0.115. The third kappa shape index (κ3) is 4.07. The van der Waals surface area contributed by atoms with Gasteiger partial charge in [0, 0.05) is 0 Å². The number of hydrogen-bond acceptors (Lipinski definition) is 6. The van der Waals surface area contributed by atoms with Gasteiger partial charge in [-0.1, -0.05) is 12.1 Å². The van der Waals surface area contributed by atoms with Crippen molar-refractivity contribution in [2.75, 3.05) is 19.5 Å². The number of phenolic OH excluding ortho intramolecular Hbond substituents is 1. The van der Waals surface area contributed by atoms with E-state index in [9.17, 15) is 9.90 Å². The van der Waals surface area contributed by atoms with Crippen molar-refractivity contribution in [2.24, 2.45) is 0 Å². The van der Waals surface area contributed by atoms with Crippen molar-refractivity contribution < 1.29 is 19.4 Å². The van der Waals surface area contributed by atoms with Crippen molar-refractivity contribution in [1.29, 1.82) is 0 Å². The van der Waals surface area contributed by atoms with E-state index in [1.807, 2.05) is 0 Å². The summed E-state index contributed by atoms with van der Waals surface area (Å²) in [7, 11) is 2.92. The maximum atomic E-state index is 11.9. The Hall–Kier alpha value is -2.83. The van der Waals surface area contributed by atoms with Gasteiger partial charge in [0.15, 0.2) is 0 Å². The summed E-state index contributed by atoms with van der Waals surface area (Å²) in [4.78, 5) is 19.9. The fraction of sp³-hybridized carbons (Fsp3) is 0.214. The highest BCUT2D eigenvalue weighted by atomic mass is 16.5. The third-order valence-electron chi connectivity index (χ3n) is 2.62. The second-order valence-electron chi connectivity index (χ2n) is 4.17. The standard InChI is InChI=1S/C14H15N3O4/c1-20-12-8-13(21-2)17-14(16-12)15-11(19)7-9-4-3-5-10(18)6-9/h3-6,8,18H,7H2,1-2H3,(H,15,16,17,19). The van der Waals surface area contributed by atoms with E-state index in [1.165, 1.54) is 32.4 Å². The molecule has 21 heavy (non-hydrogen) atoms. The minimum atomic E-state index is -0.309. The van der Waals surface area contributed by atoms with Crippen LogP contribution in [-0.2, 0) is 11.2 Å². The second kappa shape index (κ2) is 6.56. The minimum absolute atomic E-state index is 0.0938. The fourth-order valence-corrected chi connectivity index (χ4v) is 1.69. The molecule has 1 aromatic heterocycles. The predicted molar refractivity (Wildman–Crippen MR) is 75.6 cm³/mol. The highest BCUT2D eigenvalue weighted by Crippen LogP contribution is 2.17. The van der Waals surface area contributed by atoms with Gasteiger partial charge in [0.2, 0.25) is 23.6 Å². The molecule has 7 heteroatoms. The number of carbonyl (C=O) groups excluding carboxylic acids is 1. The lowest BCUT2D eigenvalue weighted by Gasteiger charge is -2.07. The number of phenols is 1. The van der Waals surface area contributed by atoms with Gasteiger partial charge in [0.1, 0.15) is 5.75 Å². The van der Waals surface area contributed by atoms with Crippen LogP contribution in [0.1, 0.15) is 5.56 Å². The van der Waals surface area contributed by atoms with E-state index in [-0.39, 0.29) is 35.8 Å². The van der Waals surface area contributed by atoms with Crippen LogP contribution in [0.4, 0.5) is 5.95 Å². The minimum Gasteiger partial charge on any atom is -0.508 e. The van der Waals surface area contributed by atoms with E-state index in [1.54, 1.807) is 12.1 Å². The van der Waals surface area contributed by atoms with Crippen molar-refractivity contribution in [2.45, 2.75) is 6.42 Å². The summed E-state index contributed by atoms with van der Waals surface area (Å²) in [5.41, 5.74) is 0.683. The number of hydrogen-bond donors (Lipinski definition) is 2. The largest absolute Gasteiger partial charge is 0.508 e. The van der Waals surface area contributed by atoms with Crippen molar-refractivity contribution in [1.82, 2.24) is 9.97 Å². The molecule has 1 amide bonds. The average molecular weight is 289 g/mol. The zero-order valence-corrected chi connectivity index (χ0v) is 11.7. The molecule has 0 saturated heterocycles. The summed E-state index contributed by atoms with van der Waals surface area (Å²) in [6.45, 7) is 0. The van der Waals surface area contributed by atoms with E-state index in [4.69, 9.17) is 9.47 Å². The number of carbonyl (C=O) groups is 1. The highest BCUT2D eigenvalue weighted by Gasteiger charge is 2.10. The van der Waals surface area contributed by atoms with Gasteiger partial charge in [-0.3, -0.25) is 10.1 Å². The molecule has 0 bridgehead atoms. The molecule has 0 spiro atoms. The number of amides is 1. The number of aromatic hydroxyl groups is 1. The molecule has 0 unspecified atom stereocenters. The van der Waals surface area contributed by atoms with Crippen LogP contribution in [0.3, 0.4) is 0 Å². The number of benzene rings is 1. The van der Waals surface area contributed by atoms with Crippen LogP contribution in [0, 0.1) is 0 Å². The number of nitrogens with zero attached hydrogens (tertiary/aromatic N) is 2. The second-order valence-corrected chi connectivity index (χ2v) is 4.17. The van der Waals surface area contributed by atoms with Gasteiger partial charge in [0.05, 0.1) is 26.7 Å². The van der Waals surface area contributed by atoms with Crippen LogP contribution in [0.25, 0.3) is 0 Å². The van der Waals surface area contributed by atoms with E-state index in [0.717, 1.165) is 0 Å². The Morgan fingerprint density at radius 3 is 2.43 bits per heavy atom. The van der Waals surface area contributed by atoms with Crippen LogP contribution in [-0.4, -0.2) is 35.2 Å². The van der Waals surface area contributed by atoms with Crippen LogP contribution in [0.2, 0.25) is 0 Å². The Morgan fingerprint density at radius 1 is 1.19 bits per heavy atom. The van der Waals surface area contributed by atoms with Crippen LogP contribution in [0.5, 0.6) is 17.5 Å². The molecule has 0 saturated carbocycles. The Kier molecular flexibility index (Phi) is 4.55. The Morgan fingerprint density at radius 2 is 1.86 bits per heavy atom. The normalized spacial score (nSPS) is 10.0. The first-order valence-corrected chi connectivity index (χ1v) is 6.15. The average Bonchev–Trinajstić information content (AvgIpc) is 2.46. The molecule has 0 aliphatic carbocycles. The topological polar surface area (TPSA) is 93.6 Å². The summed E-state index contributed by atoms with van der Waals surface area (Å²) in [5.74, 6) is 0.468. The number of anilines is 1. The van der Waals surface area contributed by atoms with E-state index < -0.39 is 0 Å². The van der Waals surface area contributed by atoms with E-state index >= 15 is 0 Å². The molecule has 2 N–H and O–H groups in total. The molecule has 110 valence electrons. The van der Waals surface area contributed by atoms with Crippen molar-refractivity contribution in [3.05, 3.63) is 35.9 Å². The Balaban J connectivity index is 2.08. The monoisotopic (exact) mass is 289 g/mol. The molecule has 0 atom stereocenters. The molecule has 0 radical (unpaired) electrons. The van der Waals surface area contributed by atoms with Crippen molar-refractivity contribution in [3.63, 3.8) is 0 Å². The summed E-state index contributed by atoms with van der Waals surface area (Å²) < 4.78 is 9.99. The smallest absolute Gasteiger partial charge is 0.236 e. The highest BCUT2D eigenvalue weighted by molar-refractivity contribution is 5.90. The zero-order chi connectivity index (χ0) is 15.2. The van der Waals surface area contributed by atoms with Gasteiger partial charge in [-0.05, 0) is 17.7 Å². The Bertz CT molecular complexity index is 624. The number of rotatable bonds is 5. The van der Waals surface area contributed by atoms with E-state index in [0.29, 0.717) is 5.56 Å². The van der Waals surface area contributed by atoms with E-state index in [2.05, 4.69) is 15.3 Å². The number of methoxy groups -OCH3 is 2. The number of aromatic nitrogens is 2. The summed E-state index contributed by atoms with van der Waals surface area (Å²) in [5, 5.41) is 11.9. The lowest BCUT2D eigenvalue weighted by Crippen LogP contribution is -2.16. The van der Waals surface area contributed by atoms with Crippen molar-refractivity contribution in [3.8, 4) is 17.5 Å². The van der Waals surface area contributed by atoms with Crippen molar-refractivity contribution >= 4 is 11.9 Å².